The van der Waals surface area contributed by atoms with Gasteiger partial charge in [-0.05, 0) is 45.6 Å². The van der Waals surface area contributed by atoms with Crippen molar-refractivity contribution in [2.45, 2.75) is 45.1 Å². The lowest BCUT2D eigenvalue weighted by atomic mass is 9.86. The number of aromatic nitrogens is 1. The van der Waals surface area contributed by atoms with E-state index in [0.717, 1.165) is 70.6 Å². The van der Waals surface area contributed by atoms with E-state index >= 15 is 0 Å². The van der Waals surface area contributed by atoms with Gasteiger partial charge in [-0.2, -0.15) is 0 Å². The van der Waals surface area contributed by atoms with Crippen LogP contribution in [-0.4, -0.2) is 89.7 Å². The van der Waals surface area contributed by atoms with E-state index in [1.54, 1.807) is 11.3 Å². The van der Waals surface area contributed by atoms with E-state index in [-0.39, 0.29) is 12.5 Å². The van der Waals surface area contributed by atoms with Gasteiger partial charge >= 0.3 is 0 Å². The molecule has 2 atom stereocenters. The van der Waals surface area contributed by atoms with E-state index in [2.05, 4.69) is 26.7 Å². The Labute approximate surface area is 167 Å². The van der Waals surface area contributed by atoms with Crippen LogP contribution in [0.4, 0.5) is 0 Å². The van der Waals surface area contributed by atoms with Crippen molar-refractivity contribution in [3.8, 4) is 0 Å². The zero-order valence-electron chi connectivity index (χ0n) is 16.8. The molecule has 1 N–H and O–H groups in total. The predicted molar refractivity (Wildman–Crippen MR) is 109 cm³/mol. The molecular formula is C20H34N4O2S. The Balaban J connectivity index is 1.56. The summed E-state index contributed by atoms with van der Waals surface area (Å²) in [5.41, 5.74) is 2.92. The normalized spacial score (nSPS) is 25.1. The van der Waals surface area contributed by atoms with Crippen molar-refractivity contribution in [1.82, 2.24) is 19.7 Å². The van der Waals surface area contributed by atoms with Crippen molar-refractivity contribution in [3.05, 3.63) is 16.1 Å². The molecule has 2 unspecified atom stereocenters. The van der Waals surface area contributed by atoms with E-state index < -0.39 is 0 Å². The minimum Gasteiger partial charge on any atom is -0.396 e. The Kier molecular flexibility index (Phi) is 7.64. The van der Waals surface area contributed by atoms with Gasteiger partial charge in [-0.25, -0.2) is 4.98 Å². The van der Waals surface area contributed by atoms with Crippen molar-refractivity contribution in [1.29, 1.82) is 0 Å². The van der Waals surface area contributed by atoms with Gasteiger partial charge in [-0.3, -0.25) is 9.69 Å². The van der Waals surface area contributed by atoms with Crippen molar-refractivity contribution in [3.63, 3.8) is 0 Å². The molecule has 0 bridgehead atoms. The summed E-state index contributed by atoms with van der Waals surface area (Å²) in [7, 11) is 2.19. The van der Waals surface area contributed by atoms with Crippen LogP contribution in [0.3, 0.4) is 0 Å². The van der Waals surface area contributed by atoms with Crippen molar-refractivity contribution >= 4 is 17.2 Å². The predicted octanol–water partition coefficient (Wildman–Crippen LogP) is 1.62. The summed E-state index contributed by atoms with van der Waals surface area (Å²) in [6, 6.07) is 0.554. The zero-order chi connectivity index (χ0) is 19.2. The average molecular weight is 395 g/mol. The van der Waals surface area contributed by atoms with Crippen molar-refractivity contribution in [2.75, 3.05) is 52.9 Å². The van der Waals surface area contributed by atoms with E-state index in [0.29, 0.717) is 18.4 Å². The van der Waals surface area contributed by atoms with Gasteiger partial charge in [0, 0.05) is 63.2 Å². The van der Waals surface area contributed by atoms with Crippen LogP contribution in [0.25, 0.3) is 0 Å². The molecule has 3 heterocycles. The first-order valence-electron chi connectivity index (χ1n) is 10.3. The quantitative estimate of drug-likeness (QED) is 0.762. The van der Waals surface area contributed by atoms with Crippen LogP contribution in [0.1, 0.15) is 36.3 Å². The number of nitrogens with zero attached hydrogens (tertiary/aromatic N) is 4. The largest absolute Gasteiger partial charge is 0.396 e. The number of carbonyl (C=O) groups excluding carboxylic acids is 1. The first-order chi connectivity index (χ1) is 13.1. The molecule has 152 valence electrons. The van der Waals surface area contributed by atoms with Gasteiger partial charge in [0.05, 0.1) is 11.2 Å². The minimum absolute atomic E-state index is 0.241. The SMILES string of the molecule is Cc1ncsc1CCC(=O)N1CCC(N2CCN(C)CC2)C(CCCO)C1. The molecule has 0 saturated carbocycles. The molecule has 27 heavy (non-hydrogen) atoms. The third-order valence-corrected chi connectivity index (χ3v) is 7.19. The molecule has 7 heteroatoms. The number of aryl methyl sites for hydroxylation is 2. The lowest BCUT2D eigenvalue weighted by Gasteiger charge is -2.46. The fourth-order valence-electron chi connectivity index (χ4n) is 4.46. The molecule has 1 aromatic rings. The summed E-state index contributed by atoms with van der Waals surface area (Å²) in [6.07, 6.45) is 4.28. The van der Waals surface area contributed by atoms with E-state index in [9.17, 15) is 9.90 Å². The Bertz CT molecular complexity index is 601. The molecule has 1 aromatic heterocycles. The molecule has 2 aliphatic rings. The number of aliphatic hydroxyl groups is 1. The number of carbonyl (C=O) groups is 1. The lowest BCUT2D eigenvalue weighted by molar-refractivity contribution is -0.134. The fraction of sp³-hybridized carbons (Fsp3) is 0.800. The first kappa shape index (κ1) is 20.7. The van der Waals surface area contributed by atoms with Crippen LogP contribution in [0.2, 0.25) is 0 Å². The molecule has 2 fully saturated rings. The number of amides is 1. The molecular weight excluding hydrogens is 360 g/mol. The smallest absolute Gasteiger partial charge is 0.222 e. The highest BCUT2D eigenvalue weighted by Gasteiger charge is 2.35. The summed E-state index contributed by atoms with van der Waals surface area (Å²) in [4.78, 5) is 25.4. The Hall–Kier alpha value is -1.02. The number of likely N-dealkylation sites (tertiary alicyclic amines) is 1. The second kappa shape index (κ2) is 9.96. The molecule has 0 spiro atoms. The van der Waals surface area contributed by atoms with Crippen LogP contribution >= 0.6 is 11.3 Å². The topological polar surface area (TPSA) is 59.9 Å². The van der Waals surface area contributed by atoms with Crippen LogP contribution < -0.4 is 0 Å². The summed E-state index contributed by atoms with van der Waals surface area (Å²) < 4.78 is 0. The lowest BCUT2D eigenvalue weighted by Crippen LogP contribution is -2.57. The van der Waals surface area contributed by atoms with Crippen molar-refractivity contribution in [2.24, 2.45) is 5.92 Å². The molecule has 6 nitrogen and oxygen atoms in total. The maximum atomic E-state index is 12.8. The molecule has 0 aromatic carbocycles. The highest BCUT2D eigenvalue weighted by Crippen LogP contribution is 2.28. The summed E-state index contributed by atoms with van der Waals surface area (Å²) in [5.74, 6) is 0.747. The number of piperidine rings is 1. The third kappa shape index (κ3) is 5.50. The monoisotopic (exact) mass is 394 g/mol. The fourth-order valence-corrected chi connectivity index (χ4v) is 5.24. The minimum atomic E-state index is 0.241. The van der Waals surface area contributed by atoms with E-state index in [1.165, 1.54) is 4.88 Å². The Morgan fingerprint density at radius 1 is 1.30 bits per heavy atom. The van der Waals surface area contributed by atoms with Gasteiger partial charge in [-0.1, -0.05) is 0 Å². The number of aliphatic hydroxyl groups excluding tert-OH is 1. The van der Waals surface area contributed by atoms with Crippen molar-refractivity contribution < 1.29 is 9.90 Å². The first-order valence-corrected chi connectivity index (χ1v) is 11.2. The van der Waals surface area contributed by atoms with Gasteiger partial charge in [0.15, 0.2) is 0 Å². The number of likely N-dealkylation sites (N-methyl/N-ethyl adjacent to an activating group) is 1. The highest BCUT2D eigenvalue weighted by atomic mass is 32.1. The van der Waals surface area contributed by atoms with Crippen LogP contribution in [-0.2, 0) is 11.2 Å². The van der Waals surface area contributed by atoms with Crippen LogP contribution in [0.5, 0.6) is 0 Å². The number of piperazine rings is 1. The van der Waals surface area contributed by atoms with Gasteiger partial charge < -0.3 is 14.9 Å². The Morgan fingerprint density at radius 2 is 2.07 bits per heavy atom. The summed E-state index contributed by atoms with van der Waals surface area (Å²) in [6.45, 7) is 8.46. The molecule has 0 aliphatic carbocycles. The standard InChI is InChI=1S/C20H34N4O2S/c1-16-19(27-15-21-16)5-6-20(26)24-8-7-18(17(14-24)4-3-13-25)23-11-9-22(2)10-12-23/h15,17-18,25H,3-14H2,1-2H3. The summed E-state index contributed by atoms with van der Waals surface area (Å²) in [5, 5.41) is 9.31. The van der Waals surface area contributed by atoms with Gasteiger partial charge in [-0.15, -0.1) is 11.3 Å². The third-order valence-electron chi connectivity index (χ3n) is 6.20. The summed E-state index contributed by atoms with van der Waals surface area (Å²) >= 11 is 1.65. The van der Waals surface area contributed by atoms with Gasteiger partial charge in [0.25, 0.3) is 0 Å². The van der Waals surface area contributed by atoms with Crippen LogP contribution in [0, 0.1) is 12.8 Å². The van der Waals surface area contributed by atoms with E-state index in [4.69, 9.17) is 0 Å². The molecule has 0 radical (unpaired) electrons. The molecule has 2 aliphatic heterocycles. The van der Waals surface area contributed by atoms with Gasteiger partial charge in [0.2, 0.25) is 5.91 Å². The number of hydrogen-bond acceptors (Lipinski definition) is 6. The second-order valence-electron chi connectivity index (χ2n) is 8.02. The maximum absolute atomic E-state index is 12.8. The van der Waals surface area contributed by atoms with E-state index in [1.807, 2.05) is 12.4 Å². The Morgan fingerprint density at radius 3 is 2.74 bits per heavy atom. The molecule has 3 rings (SSSR count). The van der Waals surface area contributed by atoms with Gasteiger partial charge in [0.1, 0.15) is 0 Å². The number of hydrogen-bond donors (Lipinski definition) is 1. The highest BCUT2D eigenvalue weighted by molar-refractivity contribution is 7.09. The molecule has 2 saturated heterocycles. The number of thiazole rings is 1. The number of rotatable bonds is 7. The molecule has 1 amide bonds. The maximum Gasteiger partial charge on any atom is 0.222 e. The second-order valence-corrected chi connectivity index (χ2v) is 8.96. The zero-order valence-corrected chi connectivity index (χ0v) is 17.6. The van der Waals surface area contributed by atoms with Crippen LogP contribution in [0.15, 0.2) is 5.51 Å². The average Bonchev–Trinajstić information content (AvgIpc) is 3.10.